The molecule has 5 nitrogen and oxygen atoms in total. The van der Waals surface area contributed by atoms with Gasteiger partial charge in [0.05, 0.1) is 16.8 Å². The second kappa shape index (κ2) is 5.03. The molecule has 1 N–H and O–H groups in total. The fourth-order valence-corrected chi connectivity index (χ4v) is 4.06. The van der Waals surface area contributed by atoms with E-state index in [0.29, 0.717) is 24.5 Å². The Kier molecular flexibility index (Phi) is 3.35. The van der Waals surface area contributed by atoms with Gasteiger partial charge in [-0.25, -0.2) is 8.42 Å². The summed E-state index contributed by atoms with van der Waals surface area (Å²) >= 11 is 0. The van der Waals surface area contributed by atoms with Crippen molar-refractivity contribution < 1.29 is 8.42 Å². The van der Waals surface area contributed by atoms with Crippen LogP contribution in [0.25, 0.3) is 0 Å². The summed E-state index contributed by atoms with van der Waals surface area (Å²) in [4.78, 5) is 2.63. The van der Waals surface area contributed by atoms with Crippen LogP contribution in [-0.4, -0.2) is 35.8 Å². The van der Waals surface area contributed by atoms with Gasteiger partial charge in [-0.1, -0.05) is 18.2 Å². The average molecular weight is 291 g/mol. The van der Waals surface area contributed by atoms with Crippen LogP contribution in [0.2, 0.25) is 0 Å². The molecule has 1 aliphatic rings. The third-order valence-electron chi connectivity index (χ3n) is 3.71. The Morgan fingerprint density at radius 2 is 2.15 bits per heavy atom. The van der Waals surface area contributed by atoms with Crippen LogP contribution < -0.4 is 0 Å². The lowest BCUT2D eigenvalue weighted by molar-refractivity contribution is 0.273. The van der Waals surface area contributed by atoms with E-state index >= 15 is 0 Å². The molecule has 2 heterocycles. The highest BCUT2D eigenvalue weighted by atomic mass is 32.2. The summed E-state index contributed by atoms with van der Waals surface area (Å²) in [5.74, 6) is 0.168. The Balaban J connectivity index is 1.90. The molecule has 1 aromatic carbocycles. The van der Waals surface area contributed by atoms with Gasteiger partial charge < -0.3 is 0 Å². The maximum atomic E-state index is 12.3. The molecule has 2 aromatic rings. The van der Waals surface area contributed by atoms with E-state index in [1.807, 2.05) is 19.1 Å². The van der Waals surface area contributed by atoms with E-state index in [9.17, 15) is 8.42 Å². The Morgan fingerprint density at radius 1 is 1.35 bits per heavy atom. The van der Waals surface area contributed by atoms with Gasteiger partial charge in [0.2, 0.25) is 0 Å². The molecular weight excluding hydrogens is 274 g/mol. The van der Waals surface area contributed by atoms with E-state index in [-0.39, 0.29) is 5.75 Å². The molecule has 0 atom stereocenters. The molecule has 0 saturated heterocycles. The summed E-state index contributed by atoms with van der Waals surface area (Å²) in [7, 11) is -3.17. The molecular formula is C14H17N3O2S. The molecule has 1 aromatic heterocycles. The van der Waals surface area contributed by atoms with Crippen LogP contribution in [-0.2, 0) is 22.9 Å². The molecule has 20 heavy (non-hydrogen) atoms. The van der Waals surface area contributed by atoms with Crippen molar-refractivity contribution in [1.82, 2.24) is 15.1 Å². The first-order valence-corrected chi connectivity index (χ1v) is 8.23. The zero-order chi connectivity index (χ0) is 14.2. The molecule has 0 aliphatic carbocycles. The van der Waals surface area contributed by atoms with Crippen LogP contribution in [0.4, 0.5) is 0 Å². The molecule has 0 bridgehead atoms. The standard InChI is InChI=1S/C14H17N3O2S/c1-11-13(8-15-16-11)10-17-6-7-20(18,19)14-5-3-2-4-12(14)9-17/h2-5,8H,6-7,9-10H2,1H3,(H,15,16). The molecule has 6 heteroatoms. The summed E-state index contributed by atoms with van der Waals surface area (Å²) in [5, 5.41) is 6.93. The average Bonchev–Trinajstić information content (AvgIpc) is 2.76. The van der Waals surface area contributed by atoms with Gasteiger partial charge in [-0.05, 0) is 18.6 Å². The molecule has 1 aliphatic heterocycles. The minimum atomic E-state index is -3.17. The SMILES string of the molecule is Cc1[nH]ncc1CN1CCS(=O)(=O)c2ccccc2C1. The minimum Gasteiger partial charge on any atom is -0.294 e. The summed E-state index contributed by atoms with van der Waals surface area (Å²) in [6.07, 6.45) is 1.81. The Hall–Kier alpha value is -1.66. The predicted octanol–water partition coefficient (Wildman–Crippen LogP) is 1.51. The number of nitrogens with one attached hydrogen (secondary N) is 1. The quantitative estimate of drug-likeness (QED) is 0.911. The van der Waals surface area contributed by atoms with Crippen molar-refractivity contribution >= 4 is 9.84 Å². The predicted molar refractivity (Wildman–Crippen MR) is 75.9 cm³/mol. The van der Waals surface area contributed by atoms with Crippen molar-refractivity contribution in [1.29, 1.82) is 0 Å². The molecule has 106 valence electrons. The third-order valence-corrected chi connectivity index (χ3v) is 5.49. The van der Waals surface area contributed by atoms with Crippen LogP contribution in [0.5, 0.6) is 0 Å². The van der Waals surface area contributed by atoms with Gasteiger partial charge in [-0.2, -0.15) is 5.10 Å². The van der Waals surface area contributed by atoms with Gasteiger partial charge in [0.15, 0.2) is 9.84 Å². The largest absolute Gasteiger partial charge is 0.294 e. The monoisotopic (exact) mass is 291 g/mol. The Bertz CT molecular complexity index is 722. The lowest BCUT2D eigenvalue weighted by atomic mass is 10.2. The minimum absolute atomic E-state index is 0.168. The maximum Gasteiger partial charge on any atom is 0.179 e. The van der Waals surface area contributed by atoms with Crippen molar-refractivity contribution in [2.24, 2.45) is 0 Å². The summed E-state index contributed by atoms with van der Waals surface area (Å²) in [5.41, 5.74) is 3.03. The molecule has 3 rings (SSSR count). The van der Waals surface area contributed by atoms with Crippen LogP contribution in [0.1, 0.15) is 16.8 Å². The van der Waals surface area contributed by atoms with Gasteiger partial charge in [-0.15, -0.1) is 0 Å². The number of fused-ring (bicyclic) bond motifs is 1. The number of sulfone groups is 1. The van der Waals surface area contributed by atoms with Crippen molar-refractivity contribution in [2.45, 2.75) is 24.9 Å². The normalized spacial score (nSPS) is 18.4. The highest BCUT2D eigenvalue weighted by molar-refractivity contribution is 7.91. The van der Waals surface area contributed by atoms with Gasteiger partial charge >= 0.3 is 0 Å². The Morgan fingerprint density at radius 3 is 2.90 bits per heavy atom. The van der Waals surface area contributed by atoms with Crippen LogP contribution in [0, 0.1) is 6.92 Å². The molecule has 0 radical (unpaired) electrons. The first kappa shape index (κ1) is 13.3. The fraction of sp³-hybridized carbons (Fsp3) is 0.357. The second-order valence-electron chi connectivity index (χ2n) is 5.16. The van der Waals surface area contributed by atoms with Gasteiger partial charge in [0, 0.05) is 30.9 Å². The molecule has 0 saturated carbocycles. The van der Waals surface area contributed by atoms with Gasteiger partial charge in [0.25, 0.3) is 0 Å². The second-order valence-corrected chi connectivity index (χ2v) is 7.24. The number of aromatic amines is 1. The summed E-state index contributed by atoms with van der Waals surface area (Å²) in [6, 6.07) is 7.28. The van der Waals surface area contributed by atoms with Crippen LogP contribution in [0.3, 0.4) is 0 Å². The lowest BCUT2D eigenvalue weighted by Crippen LogP contribution is -2.25. The van der Waals surface area contributed by atoms with E-state index in [0.717, 1.165) is 16.8 Å². The fourth-order valence-electron chi connectivity index (χ4n) is 2.53. The van der Waals surface area contributed by atoms with E-state index in [1.165, 1.54) is 0 Å². The highest BCUT2D eigenvalue weighted by Gasteiger charge is 2.25. The number of rotatable bonds is 2. The van der Waals surface area contributed by atoms with Crippen molar-refractivity contribution in [3.8, 4) is 0 Å². The summed E-state index contributed by atoms with van der Waals surface area (Å²) < 4.78 is 24.5. The zero-order valence-corrected chi connectivity index (χ0v) is 12.2. The van der Waals surface area contributed by atoms with Crippen molar-refractivity contribution in [2.75, 3.05) is 12.3 Å². The first-order chi connectivity index (χ1) is 9.56. The van der Waals surface area contributed by atoms with Crippen LogP contribution >= 0.6 is 0 Å². The smallest absolute Gasteiger partial charge is 0.179 e. The van der Waals surface area contributed by atoms with Crippen molar-refractivity contribution in [3.63, 3.8) is 0 Å². The molecule has 0 unspecified atom stereocenters. The Labute approximate surface area is 118 Å². The van der Waals surface area contributed by atoms with Crippen LogP contribution in [0.15, 0.2) is 35.4 Å². The number of hydrogen-bond donors (Lipinski definition) is 1. The van der Waals surface area contributed by atoms with E-state index in [1.54, 1.807) is 18.3 Å². The number of hydrogen-bond acceptors (Lipinski definition) is 4. The molecule has 0 amide bonds. The number of benzene rings is 1. The number of aryl methyl sites for hydroxylation is 1. The van der Waals surface area contributed by atoms with E-state index in [2.05, 4.69) is 15.1 Å². The molecule has 0 spiro atoms. The van der Waals surface area contributed by atoms with E-state index in [4.69, 9.17) is 0 Å². The van der Waals surface area contributed by atoms with E-state index < -0.39 is 9.84 Å². The first-order valence-electron chi connectivity index (χ1n) is 6.58. The van der Waals surface area contributed by atoms with Gasteiger partial charge in [-0.3, -0.25) is 10.00 Å². The zero-order valence-electron chi connectivity index (χ0n) is 11.3. The number of H-pyrrole nitrogens is 1. The number of nitrogens with zero attached hydrogens (tertiary/aromatic N) is 2. The maximum absolute atomic E-state index is 12.3. The lowest BCUT2D eigenvalue weighted by Gasteiger charge is -2.19. The highest BCUT2D eigenvalue weighted by Crippen LogP contribution is 2.23. The number of aromatic nitrogens is 2. The summed E-state index contributed by atoms with van der Waals surface area (Å²) in [6.45, 7) is 3.89. The third kappa shape index (κ3) is 2.48. The topological polar surface area (TPSA) is 66.1 Å². The van der Waals surface area contributed by atoms with Gasteiger partial charge in [0.1, 0.15) is 0 Å². The van der Waals surface area contributed by atoms with Crippen molar-refractivity contribution in [3.05, 3.63) is 47.3 Å². The molecule has 0 fully saturated rings.